The minimum absolute atomic E-state index is 0. The molecule has 1 aliphatic carbocycles. The fraction of sp³-hybridized carbons (Fsp3) is 0.933. The van der Waals surface area contributed by atoms with E-state index < -0.39 is 10.0 Å². The minimum Gasteiger partial charge on any atom is -0.356 e. The molecule has 1 saturated heterocycles. The predicted molar refractivity (Wildman–Crippen MR) is 106 cm³/mol. The van der Waals surface area contributed by atoms with Gasteiger partial charge in [0, 0.05) is 32.7 Å². The van der Waals surface area contributed by atoms with E-state index in [-0.39, 0.29) is 29.7 Å². The van der Waals surface area contributed by atoms with E-state index in [0.29, 0.717) is 19.1 Å². The van der Waals surface area contributed by atoms with Crippen LogP contribution >= 0.6 is 24.0 Å². The molecule has 6 nitrogen and oxygen atoms in total. The van der Waals surface area contributed by atoms with Gasteiger partial charge in [-0.05, 0) is 38.5 Å². The Labute approximate surface area is 157 Å². The summed E-state index contributed by atoms with van der Waals surface area (Å²) in [5, 5.41) is 6.78. The number of guanidine groups is 1. The van der Waals surface area contributed by atoms with Crippen LogP contribution in [-0.4, -0.2) is 57.2 Å². The summed E-state index contributed by atoms with van der Waals surface area (Å²) in [5.74, 6) is 2.00. The third-order valence-corrected chi connectivity index (χ3v) is 6.44. The summed E-state index contributed by atoms with van der Waals surface area (Å²) >= 11 is 0. The highest BCUT2D eigenvalue weighted by atomic mass is 127. The van der Waals surface area contributed by atoms with Crippen LogP contribution in [-0.2, 0) is 10.0 Å². The summed E-state index contributed by atoms with van der Waals surface area (Å²) in [7, 11) is -1.25. The average Bonchev–Trinajstić information content (AvgIpc) is 3.35. The molecule has 0 aromatic rings. The SMILES string of the molecule is CCS(=O)(=O)N1CCC(NC(=NC)NCCCC2CC2)CC1.I. The number of aliphatic imine (C=N–C) groups is 1. The Hall–Kier alpha value is -0.0900. The lowest BCUT2D eigenvalue weighted by atomic mass is 10.1. The third-order valence-electron chi connectivity index (χ3n) is 4.56. The molecular formula is C15H31IN4O2S. The Kier molecular flexibility index (Phi) is 9.13. The maximum Gasteiger partial charge on any atom is 0.213 e. The second-order valence-corrected chi connectivity index (χ2v) is 8.56. The summed E-state index contributed by atoms with van der Waals surface area (Å²) in [6.45, 7) is 3.87. The van der Waals surface area contributed by atoms with Gasteiger partial charge in [-0.25, -0.2) is 12.7 Å². The minimum atomic E-state index is -3.04. The molecule has 2 fully saturated rings. The van der Waals surface area contributed by atoms with Gasteiger partial charge in [-0.15, -0.1) is 24.0 Å². The van der Waals surface area contributed by atoms with Crippen molar-refractivity contribution in [3.05, 3.63) is 0 Å². The first-order valence-electron chi connectivity index (χ1n) is 8.50. The lowest BCUT2D eigenvalue weighted by Crippen LogP contribution is -2.50. The van der Waals surface area contributed by atoms with Crippen molar-refractivity contribution in [3.63, 3.8) is 0 Å². The molecule has 1 aliphatic heterocycles. The van der Waals surface area contributed by atoms with Crippen LogP contribution in [0.15, 0.2) is 4.99 Å². The van der Waals surface area contributed by atoms with E-state index in [9.17, 15) is 8.42 Å². The quantitative estimate of drug-likeness (QED) is 0.264. The molecule has 0 atom stereocenters. The molecule has 1 heterocycles. The van der Waals surface area contributed by atoms with Crippen molar-refractivity contribution in [1.82, 2.24) is 14.9 Å². The largest absolute Gasteiger partial charge is 0.356 e. The van der Waals surface area contributed by atoms with Gasteiger partial charge in [0.15, 0.2) is 5.96 Å². The second kappa shape index (κ2) is 10.0. The monoisotopic (exact) mass is 458 g/mol. The molecule has 0 bridgehead atoms. The second-order valence-electron chi connectivity index (χ2n) is 6.30. The summed E-state index contributed by atoms with van der Waals surface area (Å²) in [5.41, 5.74) is 0. The summed E-state index contributed by atoms with van der Waals surface area (Å²) in [6.07, 6.45) is 7.00. The Morgan fingerprint density at radius 1 is 1.22 bits per heavy atom. The van der Waals surface area contributed by atoms with Gasteiger partial charge in [-0.3, -0.25) is 4.99 Å². The van der Waals surface area contributed by atoms with E-state index in [0.717, 1.165) is 31.3 Å². The lowest BCUT2D eigenvalue weighted by molar-refractivity contribution is 0.306. The van der Waals surface area contributed by atoms with Gasteiger partial charge >= 0.3 is 0 Å². The molecule has 2 N–H and O–H groups in total. The van der Waals surface area contributed by atoms with E-state index >= 15 is 0 Å². The van der Waals surface area contributed by atoms with E-state index in [4.69, 9.17) is 0 Å². The van der Waals surface area contributed by atoms with Crippen LogP contribution in [0.1, 0.15) is 45.4 Å². The molecule has 0 aromatic heterocycles. The maximum absolute atomic E-state index is 11.8. The van der Waals surface area contributed by atoms with E-state index in [1.807, 2.05) is 0 Å². The Balaban J connectivity index is 0.00000264. The van der Waals surface area contributed by atoms with E-state index in [2.05, 4.69) is 15.6 Å². The van der Waals surface area contributed by atoms with Crippen molar-refractivity contribution in [2.75, 3.05) is 32.4 Å². The van der Waals surface area contributed by atoms with Crippen LogP contribution < -0.4 is 10.6 Å². The van der Waals surface area contributed by atoms with Gasteiger partial charge in [0.05, 0.1) is 5.75 Å². The molecular weight excluding hydrogens is 427 g/mol. The zero-order valence-electron chi connectivity index (χ0n) is 14.3. The molecule has 0 unspecified atom stereocenters. The molecule has 0 amide bonds. The van der Waals surface area contributed by atoms with Gasteiger partial charge in [-0.1, -0.05) is 12.8 Å². The normalized spacial score (nSPS) is 20.9. The van der Waals surface area contributed by atoms with Crippen LogP contribution in [0.5, 0.6) is 0 Å². The van der Waals surface area contributed by atoms with Crippen molar-refractivity contribution < 1.29 is 8.42 Å². The highest BCUT2D eigenvalue weighted by Gasteiger charge is 2.27. The Morgan fingerprint density at radius 3 is 2.39 bits per heavy atom. The first-order chi connectivity index (χ1) is 10.5. The fourth-order valence-corrected chi connectivity index (χ4v) is 3.99. The fourth-order valence-electron chi connectivity index (χ4n) is 2.85. The molecule has 8 heteroatoms. The average molecular weight is 458 g/mol. The van der Waals surface area contributed by atoms with E-state index in [1.165, 1.54) is 25.7 Å². The first kappa shape index (κ1) is 21.0. The highest BCUT2D eigenvalue weighted by Crippen LogP contribution is 2.33. The highest BCUT2D eigenvalue weighted by molar-refractivity contribution is 14.0. The number of halogens is 1. The van der Waals surface area contributed by atoms with Gasteiger partial charge in [0.25, 0.3) is 0 Å². The lowest BCUT2D eigenvalue weighted by Gasteiger charge is -2.32. The summed E-state index contributed by atoms with van der Waals surface area (Å²) in [4.78, 5) is 4.26. The Morgan fingerprint density at radius 2 is 1.87 bits per heavy atom. The topological polar surface area (TPSA) is 73.8 Å². The van der Waals surface area contributed by atoms with Gasteiger partial charge in [0.1, 0.15) is 0 Å². The van der Waals surface area contributed by atoms with Gasteiger partial charge in [0.2, 0.25) is 10.0 Å². The standard InChI is InChI=1S/C15H30N4O2S.HI/c1-3-22(20,21)19-11-8-14(9-12-19)18-15(16-2)17-10-4-5-13-6-7-13;/h13-14H,3-12H2,1-2H3,(H2,16,17,18);1H. The van der Waals surface area contributed by atoms with Crippen LogP contribution in [0.3, 0.4) is 0 Å². The molecule has 0 radical (unpaired) electrons. The number of hydrogen-bond donors (Lipinski definition) is 2. The first-order valence-corrected chi connectivity index (χ1v) is 10.1. The number of hydrogen-bond acceptors (Lipinski definition) is 3. The zero-order valence-corrected chi connectivity index (χ0v) is 17.4. The van der Waals surface area contributed by atoms with Gasteiger partial charge < -0.3 is 10.6 Å². The molecule has 0 spiro atoms. The molecule has 2 aliphatic rings. The van der Waals surface area contributed by atoms with Crippen molar-refractivity contribution in [2.45, 2.75) is 51.5 Å². The van der Waals surface area contributed by atoms with Gasteiger partial charge in [-0.2, -0.15) is 0 Å². The number of sulfonamides is 1. The third kappa shape index (κ3) is 7.13. The summed E-state index contributed by atoms with van der Waals surface area (Å²) in [6, 6.07) is 0.304. The number of piperidine rings is 1. The molecule has 1 saturated carbocycles. The molecule has 2 rings (SSSR count). The molecule has 0 aromatic carbocycles. The van der Waals surface area contributed by atoms with Crippen molar-refractivity contribution in [3.8, 4) is 0 Å². The van der Waals surface area contributed by atoms with Crippen molar-refractivity contribution in [2.24, 2.45) is 10.9 Å². The molecule has 136 valence electrons. The van der Waals surface area contributed by atoms with Crippen molar-refractivity contribution in [1.29, 1.82) is 0 Å². The smallest absolute Gasteiger partial charge is 0.213 e. The van der Waals surface area contributed by atoms with Crippen LogP contribution in [0.4, 0.5) is 0 Å². The molecule has 23 heavy (non-hydrogen) atoms. The summed E-state index contributed by atoms with van der Waals surface area (Å²) < 4.78 is 25.3. The van der Waals surface area contributed by atoms with Crippen molar-refractivity contribution >= 4 is 40.0 Å². The van der Waals surface area contributed by atoms with Crippen LogP contribution in [0.25, 0.3) is 0 Å². The zero-order chi connectivity index (χ0) is 16.0. The van der Waals surface area contributed by atoms with Crippen LogP contribution in [0.2, 0.25) is 0 Å². The van der Waals surface area contributed by atoms with E-state index in [1.54, 1.807) is 18.3 Å². The predicted octanol–water partition coefficient (Wildman–Crippen LogP) is 1.77. The number of nitrogens with one attached hydrogen (secondary N) is 2. The number of nitrogens with zero attached hydrogens (tertiary/aromatic N) is 2. The Bertz CT molecular complexity index is 472. The van der Waals surface area contributed by atoms with Crippen LogP contribution in [0, 0.1) is 5.92 Å². The maximum atomic E-state index is 11.8. The number of rotatable bonds is 7.